The third kappa shape index (κ3) is 5.15. The number of amides is 1. The quantitative estimate of drug-likeness (QED) is 0.503. The van der Waals surface area contributed by atoms with Crippen LogP contribution in [0.5, 0.6) is 5.75 Å². The highest BCUT2D eigenvalue weighted by Crippen LogP contribution is 2.28. The number of halogens is 1. The van der Waals surface area contributed by atoms with Gasteiger partial charge in [-0.05, 0) is 68.7 Å². The molecule has 1 atom stereocenters. The van der Waals surface area contributed by atoms with E-state index < -0.39 is 0 Å². The Balaban J connectivity index is 1.62. The Morgan fingerprint density at radius 2 is 1.97 bits per heavy atom. The number of carbonyl (C=O) groups is 1. The molecule has 0 fully saturated rings. The number of nitrogens with zero attached hydrogens (tertiary/aromatic N) is 3. The van der Waals surface area contributed by atoms with Crippen molar-refractivity contribution in [2.45, 2.75) is 39.0 Å². The smallest absolute Gasteiger partial charge is 0.234 e. The molecular weight excluding hydrogens is 420 g/mol. The molecule has 30 heavy (non-hydrogen) atoms. The molecule has 158 valence electrons. The molecule has 3 rings (SSSR count). The second kappa shape index (κ2) is 9.53. The summed E-state index contributed by atoms with van der Waals surface area (Å²) in [5.74, 6) is 1.59. The molecule has 0 bridgehead atoms. The maximum absolute atomic E-state index is 12.4. The molecule has 0 aliphatic carbocycles. The number of aromatic nitrogens is 3. The molecule has 1 heterocycles. The number of rotatable bonds is 7. The van der Waals surface area contributed by atoms with Crippen LogP contribution in [0.4, 0.5) is 5.69 Å². The highest BCUT2D eigenvalue weighted by Gasteiger charge is 2.19. The van der Waals surface area contributed by atoms with E-state index in [1.54, 1.807) is 6.07 Å². The Morgan fingerprint density at radius 3 is 2.70 bits per heavy atom. The van der Waals surface area contributed by atoms with Crippen LogP contribution in [-0.2, 0) is 11.8 Å². The van der Waals surface area contributed by atoms with Gasteiger partial charge in [0.15, 0.2) is 17.1 Å². The van der Waals surface area contributed by atoms with Gasteiger partial charge in [-0.1, -0.05) is 35.5 Å². The number of benzene rings is 2. The Labute approximate surface area is 186 Å². The molecule has 0 spiro atoms. The van der Waals surface area contributed by atoms with Crippen LogP contribution >= 0.6 is 23.4 Å². The number of aryl methyl sites for hydroxylation is 2. The van der Waals surface area contributed by atoms with Crippen LogP contribution in [0.2, 0.25) is 5.02 Å². The van der Waals surface area contributed by atoms with Crippen LogP contribution < -0.4 is 10.1 Å². The van der Waals surface area contributed by atoms with Crippen molar-refractivity contribution in [1.29, 1.82) is 0 Å². The maximum atomic E-state index is 12.4. The normalized spacial score (nSPS) is 11.9. The van der Waals surface area contributed by atoms with Gasteiger partial charge in [-0.25, -0.2) is 0 Å². The van der Waals surface area contributed by atoms with Crippen LogP contribution in [0.15, 0.2) is 41.6 Å². The maximum Gasteiger partial charge on any atom is 0.234 e. The number of anilines is 1. The van der Waals surface area contributed by atoms with E-state index in [0.717, 1.165) is 28.1 Å². The average Bonchev–Trinajstić information content (AvgIpc) is 3.06. The first kappa shape index (κ1) is 22.2. The largest absolute Gasteiger partial charge is 0.482 e. The summed E-state index contributed by atoms with van der Waals surface area (Å²) in [5.41, 5.74) is 4.00. The Kier molecular flexibility index (Phi) is 7.05. The molecule has 1 aromatic heterocycles. The Bertz CT molecular complexity index is 1070. The second-order valence-electron chi connectivity index (χ2n) is 7.15. The lowest BCUT2D eigenvalue weighted by molar-refractivity contribution is -0.113. The third-order valence-corrected chi connectivity index (χ3v) is 6.14. The molecule has 0 saturated heterocycles. The van der Waals surface area contributed by atoms with Crippen molar-refractivity contribution in [2.24, 2.45) is 7.05 Å². The summed E-state index contributed by atoms with van der Waals surface area (Å²) in [6.45, 7) is 7.88. The van der Waals surface area contributed by atoms with E-state index in [2.05, 4.69) is 15.5 Å². The van der Waals surface area contributed by atoms with Gasteiger partial charge < -0.3 is 14.6 Å². The third-order valence-electron chi connectivity index (χ3n) is 4.88. The van der Waals surface area contributed by atoms with Crippen molar-refractivity contribution < 1.29 is 9.53 Å². The fraction of sp³-hybridized carbons (Fsp3) is 0.318. The van der Waals surface area contributed by atoms with Gasteiger partial charge >= 0.3 is 0 Å². The van der Waals surface area contributed by atoms with E-state index in [9.17, 15) is 4.79 Å². The number of nitrogens with one attached hydrogen (secondary N) is 1. The molecule has 0 saturated carbocycles. The van der Waals surface area contributed by atoms with Gasteiger partial charge in [0.05, 0.1) is 5.75 Å². The van der Waals surface area contributed by atoms with Crippen molar-refractivity contribution in [2.75, 3.05) is 11.1 Å². The molecule has 1 amide bonds. The molecule has 0 aliphatic heterocycles. The zero-order valence-corrected chi connectivity index (χ0v) is 19.3. The van der Waals surface area contributed by atoms with Crippen LogP contribution in [-0.4, -0.2) is 26.4 Å². The van der Waals surface area contributed by atoms with Gasteiger partial charge in [-0.3, -0.25) is 4.79 Å². The molecule has 2 aromatic carbocycles. The first-order valence-electron chi connectivity index (χ1n) is 9.57. The number of carbonyl (C=O) groups excluding carboxylic acids is 1. The standard InChI is InChI=1S/C22H25ClN4O2S/c1-13-7-6-8-18(15(13)3)24-20(28)12-30-22-26-25-21(27(22)5)16(4)29-19-10-9-17(23)11-14(19)2/h6-11,16H,12H2,1-5H3,(H,24,28). The lowest BCUT2D eigenvalue weighted by Gasteiger charge is -2.16. The van der Waals surface area contributed by atoms with Gasteiger partial charge in [0.2, 0.25) is 5.91 Å². The second-order valence-corrected chi connectivity index (χ2v) is 8.53. The topological polar surface area (TPSA) is 69.0 Å². The Hall–Kier alpha value is -2.51. The molecule has 3 aromatic rings. The first-order chi connectivity index (χ1) is 14.3. The number of thioether (sulfide) groups is 1. The van der Waals surface area contributed by atoms with E-state index in [0.29, 0.717) is 16.0 Å². The molecule has 0 radical (unpaired) electrons. The van der Waals surface area contributed by atoms with E-state index in [1.807, 2.05) is 69.6 Å². The van der Waals surface area contributed by atoms with E-state index >= 15 is 0 Å². The van der Waals surface area contributed by atoms with Gasteiger partial charge in [-0.2, -0.15) is 0 Å². The van der Waals surface area contributed by atoms with Crippen molar-refractivity contribution in [3.05, 3.63) is 63.9 Å². The molecular formula is C22H25ClN4O2S. The van der Waals surface area contributed by atoms with E-state index in [-0.39, 0.29) is 17.8 Å². The predicted octanol–water partition coefficient (Wildman–Crippen LogP) is 5.26. The van der Waals surface area contributed by atoms with Crippen LogP contribution in [0.25, 0.3) is 0 Å². The zero-order chi connectivity index (χ0) is 21.8. The summed E-state index contributed by atoms with van der Waals surface area (Å²) in [7, 11) is 1.87. The number of hydrogen-bond donors (Lipinski definition) is 1. The summed E-state index contributed by atoms with van der Waals surface area (Å²) in [5, 5.41) is 12.8. The highest BCUT2D eigenvalue weighted by molar-refractivity contribution is 7.99. The van der Waals surface area contributed by atoms with Crippen LogP contribution in [0, 0.1) is 20.8 Å². The summed E-state index contributed by atoms with van der Waals surface area (Å²) >= 11 is 7.35. The lowest BCUT2D eigenvalue weighted by Crippen LogP contribution is -2.15. The fourth-order valence-corrected chi connectivity index (χ4v) is 3.94. The number of ether oxygens (including phenoxy) is 1. The Morgan fingerprint density at radius 1 is 1.20 bits per heavy atom. The molecule has 8 heteroatoms. The van der Waals surface area contributed by atoms with E-state index in [4.69, 9.17) is 16.3 Å². The highest BCUT2D eigenvalue weighted by atomic mass is 35.5. The van der Waals surface area contributed by atoms with Gasteiger partial charge in [-0.15, -0.1) is 10.2 Å². The molecule has 0 aliphatic rings. The zero-order valence-electron chi connectivity index (χ0n) is 17.7. The SMILES string of the molecule is Cc1cc(Cl)ccc1OC(C)c1nnc(SCC(=O)Nc2cccc(C)c2C)n1C. The van der Waals surface area contributed by atoms with Gasteiger partial charge in [0.25, 0.3) is 0 Å². The predicted molar refractivity (Wildman–Crippen MR) is 122 cm³/mol. The minimum absolute atomic E-state index is 0.0839. The van der Waals surface area contributed by atoms with Gasteiger partial charge in [0.1, 0.15) is 5.75 Å². The van der Waals surface area contributed by atoms with Crippen molar-refractivity contribution in [3.63, 3.8) is 0 Å². The molecule has 1 unspecified atom stereocenters. The fourth-order valence-electron chi connectivity index (χ4n) is 3.00. The minimum Gasteiger partial charge on any atom is -0.482 e. The minimum atomic E-state index is -0.305. The average molecular weight is 445 g/mol. The summed E-state index contributed by atoms with van der Waals surface area (Å²) < 4.78 is 7.89. The lowest BCUT2D eigenvalue weighted by atomic mass is 10.1. The van der Waals surface area contributed by atoms with E-state index in [1.165, 1.54) is 11.8 Å². The van der Waals surface area contributed by atoms with Gasteiger partial charge in [0, 0.05) is 17.8 Å². The summed E-state index contributed by atoms with van der Waals surface area (Å²) in [4.78, 5) is 12.4. The van der Waals surface area contributed by atoms with Crippen molar-refractivity contribution >= 4 is 35.0 Å². The monoisotopic (exact) mass is 444 g/mol. The van der Waals surface area contributed by atoms with Crippen LogP contribution in [0.3, 0.4) is 0 Å². The number of hydrogen-bond acceptors (Lipinski definition) is 5. The van der Waals surface area contributed by atoms with Crippen molar-refractivity contribution in [1.82, 2.24) is 14.8 Å². The first-order valence-corrected chi connectivity index (χ1v) is 10.9. The van der Waals surface area contributed by atoms with Crippen molar-refractivity contribution in [3.8, 4) is 5.75 Å². The molecule has 1 N–H and O–H groups in total. The summed E-state index contributed by atoms with van der Waals surface area (Å²) in [6, 6.07) is 11.4. The molecule has 6 nitrogen and oxygen atoms in total. The summed E-state index contributed by atoms with van der Waals surface area (Å²) in [6.07, 6.45) is -0.305. The van der Waals surface area contributed by atoms with Crippen LogP contribution in [0.1, 0.15) is 35.5 Å².